The van der Waals surface area contributed by atoms with Crippen LogP contribution in [0, 0.1) is 24.6 Å². The smallest absolute Gasteiger partial charge is 0.421 e. The number of nitrogens with zero attached hydrogens (tertiary/aromatic N) is 2. The van der Waals surface area contributed by atoms with E-state index in [0.717, 1.165) is 57.4 Å². The molecule has 45 heavy (non-hydrogen) atoms. The van der Waals surface area contributed by atoms with Crippen molar-refractivity contribution < 1.29 is 36.6 Å². The van der Waals surface area contributed by atoms with Gasteiger partial charge in [0.1, 0.15) is 5.56 Å². The number of aromatic nitrogens is 1. The number of rotatable bonds is 6. The van der Waals surface area contributed by atoms with Crippen LogP contribution in [0.1, 0.15) is 128 Å². The van der Waals surface area contributed by atoms with Crippen LogP contribution in [0.5, 0.6) is 11.6 Å². The van der Waals surface area contributed by atoms with Crippen molar-refractivity contribution in [3.8, 4) is 11.6 Å². The number of anilines is 1. The third-order valence-corrected chi connectivity index (χ3v) is 7.76. The van der Waals surface area contributed by atoms with Crippen molar-refractivity contribution in [2.24, 2.45) is 11.8 Å². The number of carbonyl (C=O) groups excluding carboxylic acids is 2. The molecule has 2 aliphatic rings. The fraction of sp³-hybridized carbons (Fsp3) is 0.629. The predicted molar refractivity (Wildman–Crippen MR) is 171 cm³/mol. The summed E-state index contributed by atoms with van der Waals surface area (Å²) in [6.07, 6.45) is 3.84. The van der Waals surface area contributed by atoms with Gasteiger partial charge in [-0.2, -0.15) is 13.2 Å². The Morgan fingerprint density at radius 3 is 2.00 bits per heavy atom. The van der Waals surface area contributed by atoms with Gasteiger partial charge in [-0.3, -0.25) is 4.79 Å². The van der Waals surface area contributed by atoms with Gasteiger partial charge in [0.2, 0.25) is 11.8 Å². The number of hydrogen-bond acceptors (Lipinski definition) is 5. The van der Waals surface area contributed by atoms with Crippen LogP contribution >= 0.6 is 0 Å². The van der Waals surface area contributed by atoms with Crippen molar-refractivity contribution in [3.05, 3.63) is 46.9 Å². The fourth-order valence-corrected chi connectivity index (χ4v) is 5.58. The van der Waals surface area contributed by atoms with Crippen molar-refractivity contribution in [2.75, 3.05) is 12.0 Å². The minimum absolute atomic E-state index is 0.0510. The molecule has 0 radical (unpaired) electrons. The average Bonchev–Trinajstić information content (AvgIpc) is 3.06. The minimum Gasteiger partial charge on any atom is -0.465 e. The lowest BCUT2D eigenvalue weighted by Gasteiger charge is -2.38. The Bertz CT molecular complexity index is 1200. The summed E-state index contributed by atoms with van der Waals surface area (Å²) in [6, 6.07) is 2.63. The van der Waals surface area contributed by atoms with Crippen molar-refractivity contribution >= 4 is 17.6 Å². The van der Waals surface area contributed by atoms with Gasteiger partial charge in [-0.25, -0.2) is 14.2 Å². The SMILES string of the molecule is CC.CC.CC.COC(=O)c1cc(Oc2ncc(C)cc2C(F)(F)F)c(F)cc1N(C(=O)C1CCC(C)CC1)C1CCCCC1. The maximum absolute atomic E-state index is 15.6. The molecule has 4 rings (SSSR count). The maximum atomic E-state index is 15.6. The van der Waals surface area contributed by atoms with Crippen molar-refractivity contribution in [3.63, 3.8) is 0 Å². The monoisotopic (exact) mass is 640 g/mol. The fourth-order valence-electron chi connectivity index (χ4n) is 5.58. The summed E-state index contributed by atoms with van der Waals surface area (Å²) in [4.78, 5) is 32.1. The summed E-state index contributed by atoms with van der Waals surface area (Å²) in [5.74, 6) is -3.22. The van der Waals surface area contributed by atoms with Gasteiger partial charge in [0.25, 0.3) is 0 Å². The Labute approximate surface area is 266 Å². The first kappa shape index (κ1) is 39.9. The largest absolute Gasteiger partial charge is 0.465 e. The second-order valence-corrected chi connectivity index (χ2v) is 10.7. The molecule has 0 spiro atoms. The highest BCUT2D eigenvalue weighted by molar-refractivity contribution is 6.04. The van der Waals surface area contributed by atoms with Crippen LogP contribution in [-0.4, -0.2) is 30.0 Å². The molecule has 0 N–H and O–H groups in total. The Morgan fingerprint density at radius 1 is 0.889 bits per heavy atom. The van der Waals surface area contributed by atoms with Crippen LogP contribution in [0.25, 0.3) is 0 Å². The molecular formula is C35H52F4N2O4. The minimum atomic E-state index is -4.79. The molecule has 10 heteroatoms. The number of alkyl halides is 3. The summed E-state index contributed by atoms with van der Waals surface area (Å²) < 4.78 is 66.7. The highest BCUT2D eigenvalue weighted by atomic mass is 19.4. The number of amides is 1. The first-order valence-electron chi connectivity index (χ1n) is 16.5. The van der Waals surface area contributed by atoms with Crippen LogP contribution in [0.2, 0.25) is 0 Å². The van der Waals surface area contributed by atoms with E-state index in [0.29, 0.717) is 31.6 Å². The number of methoxy groups -OCH3 is 1. The van der Waals surface area contributed by atoms with Gasteiger partial charge in [-0.15, -0.1) is 0 Å². The third-order valence-electron chi connectivity index (χ3n) is 7.76. The summed E-state index contributed by atoms with van der Waals surface area (Å²) >= 11 is 0. The molecule has 0 bridgehead atoms. The normalized spacial score (nSPS) is 18.1. The molecule has 0 unspecified atom stereocenters. The second kappa shape index (κ2) is 19.4. The Kier molecular flexibility index (Phi) is 17.2. The van der Waals surface area contributed by atoms with Crippen molar-refractivity contribution in [2.45, 2.75) is 125 Å². The third kappa shape index (κ3) is 10.7. The van der Waals surface area contributed by atoms with E-state index in [-0.39, 0.29) is 34.7 Å². The number of benzene rings is 1. The quantitative estimate of drug-likeness (QED) is 0.232. The molecule has 1 aromatic heterocycles. The predicted octanol–water partition coefficient (Wildman–Crippen LogP) is 10.7. The Morgan fingerprint density at radius 2 is 1.47 bits per heavy atom. The number of hydrogen-bond donors (Lipinski definition) is 0. The van der Waals surface area contributed by atoms with Gasteiger partial charge in [-0.05, 0) is 63.0 Å². The first-order chi connectivity index (χ1) is 21.5. The molecule has 2 aromatic rings. The number of ether oxygens (including phenoxy) is 2. The van der Waals surface area contributed by atoms with Crippen LogP contribution in [0.15, 0.2) is 24.4 Å². The van der Waals surface area contributed by atoms with Gasteiger partial charge in [0, 0.05) is 30.3 Å². The van der Waals surface area contributed by atoms with Crippen LogP contribution in [0.3, 0.4) is 0 Å². The zero-order valence-electron chi connectivity index (χ0n) is 28.4. The van der Waals surface area contributed by atoms with Crippen molar-refractivity contribution in [1.82, 2.24) is 4.98 Å². The molecule has 2 fully saturated rings. The van der Waals surface area contributed by atoms with Gasteiger partial charge < -0.3 is 14.4 Å². The maximum Gasteiger partial charge on any atom is 0.421 e. The number of aryl methyl sites for hydroxylation is 1. The molecule has 2 saturated carbocycles. The van der Waals surface area contributed by atoms with Crippen LogP contribution < -0.4 is 9.64 Å². The Hall–Kier alpha value is -3.17. The zero-order valence-corrected chi connectivity index (χ0v) is 28.4. The number of esters is 1. The topological polar surface area (TPSA) is 68.7 Å². The Balaban J connectivity index is 0.00000159. The molecule has 0 aliphatic heterocycles. The van der Waals surface area contributed by atoms with Gasteiger partial charge in [0.05, 0.1) is 18.4 Å². The lowest BCUT2D eigenvalue weighted by Crippen LogP contribution is -2.46. The van der Waals surface area contributed by atoms with E-state index in [4.69, 9.17) is 9.47 Å². The van der Waals surface area contributed by atoms with E-state index in [1.807, 2.05) is 41.5 Å². The lowest BCUT2D eigenvalue weighted by molar-refractivity contribution is -0.139. The zero-order chi connectivity index (χ0) is 34.3. The molecular weight excluding hydrogens is 588 g/mol. The van der Waals surface area contributed by atoms with Gasteiger partial charge >= 0.3 is 12.1 Å². The van der Waals surface area contributed by atoms with E-state index in [1.54, 1.807) is 4.90 Å². The molecule has 1 amide bonds. The summed E-state index contributed by atoms with van der Waals surface area (Å²) in [5.41, 5.74) is -1.02. The second-order valence-electron chi connectivity index (χ2n) is 10.7. The van der Waals surface area contributed by atoms with E-state index in [9.17, 15) is 22.8 Å². The first-order valence-corrected chi connectivity index (χ1v) is 16.5. The van der Waals surface area contributed by atoms with Gasteiger partial charge in [0.15, 0.2) is 11.6 Å². The van der Waals surface area contributed by atoms with Crippen molar-refractivity contribution in [1.29, 1.82) is 0 Å². The van der Waals surface area contributed by atoms with E-state index in [1.165, 1.54) is 13.1 Å². The van der Waals surface area contributed by atoms with E-state index in [2.05, 4.69) is 11.9 Å². The van der Waals surface area contributed by atoms with Crippen LogP contribution in [0.4, 0.5) is 23.2 Å². The van der Waals surface area contributed by atoms with E-state index < -0.39 is 35.2 Å². The van der Waals surface area contributed by atoms with Gasteiger partial charge in [-0.1, -0.05) is 67.7 Å². The standard InChI is InChI=1S/C29H34F4N2O4.3C2H6/c1-17-9-11-19(12-10-17)27(36)35(20-7-5-4-6-8-20)24-15-23(30)25(14-21(24)28(37)38-3)39-26-22(29(31,32)33)13-18(2)16-34-26;3*1-2/h13-17,19-20H,4-12H2,1-3H3;3*1-2H3. The van der Waals surface area contributed by atoms with E-state index >= 15 is 4.39 Å². The molecule has 6 nitrogen and oxygen atoms in total. The summed E-state index contributed by atoms with van der Waals surface area (Å²) in [5, 5.41) is 0. The molecule has 254 valence electrons. The van der Waals surface area contributed by atoms with Crippen LogP contribution in [-0.2, 0) is 15.7 Å². The average molecular weight is 641 g/mol. The summed E-state index contributed by atoms with van der Waals surface area (Å²) in [7, 11) is 1.15. The number of carbonyl (C=O) groups is 2. The summed E-state index contributed by atoms with van der Waals surface area (Å²) in [6.45, 7) is 15.6. The highest BCUT2D eigenvalue weighted by Gasteiger charge is 2.38. The highest BCUT2D eigenvalue weighted by Crippen LogP contribution is 2.41. The molecule has 0 saturated heterocycles. The lowest BCUT2D eigenvalue weighted by atomic mass is 9.81. The number of pyridine rings is 1. The molecule has 2 aliphatic carbocycles. The molecule has 1 aromatic carbocycles. The molecule has 1 heterocycles. The molecule has 0 atom stereocenters. The number of halogens is 4.